The van der Waals surface area contributed by atoms with Crippen LogP contribution in [0, 0.1) is 5.92 Å². The summed E-state index contributed by atoms with van der Waals surface area (Å²) in [6.07, 6.45) is 7.60. The Morgan fingerprint density at radius 1 is 1.29 bits per heavy atom. The molecule has 5 heteroatoms. The molecule has 2 rings (SSSR count). The van der Waals surface area contributed by atoms with Crippen LogP contribution in [0.2, 0.25) is 5.15 Å². The first-order valence-electron chi connectivity index (χ1n) is 8.16. The van der Waals surface area contributed by atoms with E-state index >= 15 is 0 Å². The number of hydrogen-bond acceptors (Lipinski definition) is 4. The normalized spacial score (nSPS) is 17.7. The molecule has 1 fully saturated rings. The van der Waals surface area contributed by atoms with Gasteiger partial charge in [-0.05, 0) is 38.3 Å². The van der Waals surface area contributed by atoms with E-state index in [1.54, 1.807) is 6.33 Å². The number of likely N-dealkylation sites (tertiary alicyclic amines) is 1. The Morgan fingerprint density at radius 3 is 2.76 bits per heavy atom. The lowest BCUT2D eigenvalue weighted by atomic mass is 10.1. The molecule has 0 spiro atoms. The molecule has 4 nitrogen and oxygen atoms in total. The van der Waals surface area contributed by atoms with Crippen LogP contribution in [0.5, 0.6) is 0 Å². The summed E-state index contributed by atoms with van der Waals surface area (Å²) in [4.78, 5) is 11.0. The second kappa shape index (κ2) is 8.54. The quantitative estimate of drug-likeness (QED) is 0.781. The summed E-state index contributed by atoms with van der Waals surface area (Å²) in [7, 11) is 0. The van der Waals surface area contributed by atoms with Gasteiger partial charge in [-0.3, -0.25) is 0 Å². The first kappa shape index (κ1) is 16.5. The van der Waals surface area contributed by atoms with Crippen molar-refractivity contribution in [2.75, 3.05) is 31.5 Å². The van der Waals surface area contributed by atoms with Gasteiger partial charge in [-0.25, -0.2) is 9.97 Å². The van der Waals surface area contributed by atoms with Gasteiger partial charge >= 0.3 is 0 Å². The zero-order valence-corrected chi connectivity index (χ0v) is 14.0. The van der Waals surface area contributed by atoms with Crippen molar-refractivity contribution in [1.82, 2.24) is 14.9 Å². The van der Waals surface area contributed by atoms with Crippen molar-refractivity contribution in [3.05, 3.63) is 17.0 Å². The highest BCUT2D eigenvalue weighted by molar-refractivity contribution is 6.30. The SMILES string of the molecule is CCCc1c(Cl)ncnc1NCC(C)CN1CCCCC1. The van der Waals surface area contributed by atoms with Crippen molar-refractivity contribution >= 4 is 17.4 Å². The van der Waals surface area contributed by atoms with Crippen molar-refractivity contribution in [2.45, 2.75) is 46.0 Å². The highest BCUT2D eigenvalue weighted by Gasteiger charge is 2.14. The van der Waals surface area contributed by atoms with Gasteiger partial charge in [0, 0.05) is 18.7 Å². The van der Waals surface area contributed by atoms with E-state index in [1.165, 1.54) is 32.4 Å². The van der Waals surface area contributed by atoms with Crippen LogP contribution < -0.4 is 5.32 Å². The molecule has 21 heavy (non-hydrogen) atoms. The second-order valence-electron chi connectivity index (χ2n) is 6.09. The van der Waals surface area contributed by atoms with Crippen LogP contribution in [0.15, 0.2) is 6.33 Å². The third-order valence-corrected chi connectivity index (χ3v) is 4.36. The van der Waals surface area contributed by atoms with Crippen LogP contribution in [0.1, 0.15) is 45.1 Å². The van der Waals surface area contributed by atoms with Gasteiger partial charge in [0.05, 0.1) is 0 Å². The van der Waals surface area contributed by atoms with Crippen LogP contribution in [-0.4, -0.2) is 41.0 Å². The fraction of sp³-hybridized carbons (Fsp3) is 0.750. The summed E-state index contributed by atoms with van der Waals surface area (Å²) in [5, 5.41) is 4.05. The van der Waals surface area contributed by atoms with Crippen molar-refractivity contribution in [1.29, 1.82) is 0 Å². The summed E-state index contributed by atoms with van der Waals surface area (Å²) >= 11 is 6.18. The predicted octanol–water partition coefficient (Wildman–Crippen LogP) is 3.62. The highest BCUT2D eigenvalue weighted by atomic mass is 35.5. The maximum atomic E-state index is 6.18. The van der Waals surface area contributed by atoms with Crippen molar-refractivity contribution < 1.29 is 0 Å². The zero-order chi connectivity index (χ0) is 15.1. The Balaban J connectivity index is 1.85. The monoisotopic (exact) mass is 310 g/mol. The standard InChI is InChI=1S/C16H27ClN4/c1-3-7-14-15(17)19-12-20-16(14)18-10-13(2)11-21-8-5-4-6-9-21/h12-13H,3-11H2,1-2H3,(H,18,19,20). The van der Waals surface area contributed by atoms with E-state index in [-0.39, 0.29) is 0 Å². The van der Waals surface area contributed by atoms with E-state index in [0.29, 0.717) is 11.1 Å². The fourth-order valence-corrected chi connectivity index (χ4v) is 3.16. The number of nitrogens with zero attached hydrogens (tertiary/aromatic N) is 3. The van der Waals surface area contributed by atoms with Crippen LogP contribution in [-0.2, 0) is 6.42 Å². The first-order chi connectivity index (χ1) is 10.2. The molecule has 118 valence electrons. The molecule has 2 heterocycles. The minimum absolute atomic E-state index is 0.582. The number of halogens is 1. The van der Waals surface area contributed by atoms with E-state index in [0.717, 1.165) is 37.3 Å². The number of nitrogens with one attached hydrogen (secondary N) is 1. The molecular weight excluding hydrogens is 284 g/mol. The lowest BCUT2D eigenvalue weighted by molar-refractivity contribution is 0.204. The van der Waals surface area contributed by atoms with Gasteiger partial charge in [0.25, 0.3) is 0 Å². The molecule has 1 aliphatic rings. The lowest BCUT2D eigenvalue weighted by Gasteiger charge is -2.29. The van der Waals surface area contributed by atoms with E-state index in [4.69, 9.17) is 11.6 Å². The summed E-state index contributed by atoms with van der Waals surface area (Å²) in [5.74, 6) is 1.51. The van der Waals surface area contributed by atoms with Gasteiger partial charge < -0.3 is 10.2 Å². The molecule has 0 amide bonds. The fourth-order valence-electron chi connectivity index (χ4n) is 2.93. The molecule has 1 aromatic rings. The van der Waals surface area contributed by atoms with E-state index in [2.05, 4.69) is 34.0 Å². The number of anilines is 1. The molecule has 1 N–H and O–H groups in total. The zero-order valence-electron chi connectivity index (χ0n) is 13.2. The smallest absolute Gasteiger partial charge is 0.137 e. The van der Waals surface area contributed by atoms with Crippen molar-refractivity contribution in [3.63, 3.8) is 0 Å². The van der Waals surface area contributed by atoms with Crippen molar-refractivity contribution in [3.8, 4) is 0 Å². The summed E-state index contributed by atoms with van der Waals surface area (Å²) < 4.78 is 0. The Bertz CT molecular complexity index is 432. The first-order valence-corrected chi connectivity index (χ1v) is 8.54. The summed E-state index contributed by atoms with van der Waals surface area (Å²) in [6.45, 7) is 9.04. The van der Waals surface area contributed by atoms with E-state index in [9.17, 15) is 0 Å². The Morgan fingerprint density at radius 2 is 2.05 bits per heavy atom. The minimum atomic E-state index is 0.582. The molecule has 1 saturated heterocycles. The maximum Gasteiger partial charge on any atom is 0.137 e. The molecule has 0 saturated carbocycles. The molecule has 1 atom stereocenters. The molecule has 0 aromatic carbocycles. The second-order valence-corrected chi connectivity index (χ2v) is 6.45. The molecular formula is C16H27ClN4. The molecule has 0 aliphatic carbocycles. The Labute approximate surface area is 133 Å². The number of aromatic nitrogens is 2. The molecule has 1 aromatic heterocycles. The Kier molecular flexibility index (Phi) is 6.71. The van der Waals surface area contributed by atoms with Gasteiger partial charge in [0.2, 0.25) is 0 Å². The number of piperidine rings is 1. The molecule has 1 aliphatic heterocycles. The molecule has 0 bridgehead atoms. The van der Waals surface area contributed by atoms with Gasteiger partial charge in [-0.1, -0.05) is 38.3 Å². The largest absolute Gasteiger partial charge is 0.369 e. The average molecular weight is 311 g/mol. The van der Waals surface area contributed by atoms with Crippen LogP contribution >= 0.6 is 11.6 Å². The van der Waals surface area contributed by atoms with Crippen LogP contribution in [0.4, 0.5) is 5.82 Å². The molecule has 1 unspecified atom stereocenters. The minimum Gasteiger partial charge on any atom is -0.369 e. The van der Waals surface area contributed by atoms with E-state index < -0.39 is 0 Å². The van der Waals surface area contributed by atoms with Gasteiger partial charge in [0.1, 0.15) is 17.3 Å². The van der Waals surface area contributed by atoms with Gasteiger partial charge in [-0.2, -0.15) is 0 Å². The van der Waals surface area contributed by atoms with Gasteiger partial charge in [0.15, 0.2) is 0 Å². The third kappa shape index (κ3) is 5.11. The third-order valence-electron chi connectivity index (χ3n) is 4.03. The number of hydrogen-bond donors (Lipinski definition) is 1. The average Bonchev–Trinajstić information content (AvgIpc) is 2.49. The molecule has 0 radical (unpaired) electrons. The Hall–Kier alpha value is -0.870. The number of rotatable bonds is 7. The maximum absolute atomic E-state index is 6.18. The highest BCUT2D eigenvalue weighted by Crippen LogP contribution is 2.21. The van der Waals surface area contributed by atoms with Crippen LogP contribution in [0.3, 0.4) is 0 Å². The van der Waals surface area contributed by atoms with Gasteiger partial charge in [-0.15, -0.1) is 0 Å². The van der Waals surface area contributed by atoms with Crippen molar-refractivity contribution in [2.24, 2.45) is 5.92 Å². The predicted molar refractivity (Wildman–Crippen MR) is 89.0 cm³/mol. The topological polar surface area (TPSA) is 41.1 Å². The summed E-state index contributed by atoms with van der Waals surface area (Å²) in [5.41, 5.74) is 1.05. The summed E-state index contributed by atoms with van der Waals surface area (Å²) in [6, 6.07) is 0. The lowest BCUT2D eigenvalue weighted by Crippen LogP contribution is -2.35. The van der Waals surface area contributed by atoms with Crippen LogP contribution in [0.25, 0.3) is 0 Å². The van der Waals surface area contributed by atoms with E-state index in [1.807, 2.05) is 0 Å².